The highest BCUT2D eigenvalue weighted by Gasteiger charge is 2.12. The van der Waals surface area contributed by atoms with E-state index in [1.165, 1.54) is 0 Å². The van der Waals surface area contributed by atoms with Crippen molar-refractivity contribution in [3.05, 3.63) is 76.1 Å². The van der Waals surface area contributed by atoms with Gasteiger partial charge in [0, 0.05) is 22.1 Å². The third kappa shape index (κ3) is 4.18. The number of hydrogen-bond donors (Lipinski definition) is 2. The quantitative estimate of drug-likeness (QED) is 0.678. The van der Waals surface area contributed by atoms with E-state index in [0.717, 1.165) is 22.5 Å². The van der Waals surface area contributed by atoms with Crippen LogP contribution in [0.15, 0.2) is 48.5 Å². The van der Waals surface area contributed by atoms with Gasteiger partial charge in [0.2, 0.25) is 5.95 Å². The van der Waals surface area contributed by atoms with E-state index in [0.29, 0.717) is 22.4 Å². The van der Waals surface area contributed by atoms with Crippen LogP contribution in [0.1, 0.15) is 27.3 Å². The largest absolute Gasteiger partial charge is 0.324 e. The Bertz CT molecular complexity index is 955. The van der Waals surface area contributed by atoms with Crippen LogP contribution in [0.4, 0.5) is 17.3 Å². The second-order valence-corrected chi connectivity index (χ2v) is 6.48. The molecule has 0 unspecified atom stereocenters. The molecule has 132 valence electrons. The molecule has 26 heavy (non-hydrogen) atoms. The maximum Gasteiger partial charge on any atom is 0.274 e. The van der Waals surface area contributed by atoms with E-state index in [4.69, 9.17) is 11.6 Å². The van der Waals surface area contributed by atoms with E-state index in [9.17, 15) is 4.79 Å². The standard InChI is InChI=1S/C20H19ClN4O/c1-12-7-9-15(10-8-12)23-19(26)18-11-13(2)22-20(25-18)24-17-6-4-5-16(21)14(17)3/h4-11H,1-3H3,(H,23,26)(H,22,24,25). The molecule has 6 heteroatoms. The number of anilines is 3. The van der Waals surface area contributed by atoms with Gasteiger partial charge >= 0.3 is 0 Å². The minimum absolute atomic E-state index is 0.287. The zero-order valence-electron chi connectivity index (χ0n) is 14.8. The third-order valence-corrected chi connectivity index (χ3v) is 4.32. The Morgan fingerprint density at radius 3 is 2.46 bits per heavy atom. The lowest BCUT2D eigenvalue weighted by Gasteiger charge is -2.11. The van der Waals surface area contributed by atoms with Crippen LogP contribution in [0.5, 0.6) is 0 Å². The molecule has 3 aromatic rings. The van der Waals surface area contributed by atoms with Gasteiger partial charge in [0.1, 0.15) is 5.69 Å². The fourth-order valence-corrected chi connectivity index (χ4v) is 2.61. The van der Waals surface area contributed by atoms with Crippen LogP contribution in [0.25, 0.3) is 0 Å². The number of nitrogens with one attached hydrogen (secondary N) is 2. The number of carbonyl (C=O) groups excluding carboxylic acids is 1. The molecule has 2 aromatic carbocycles. The first-order valence-electron chi connectivity index (χ1n) is 8.18. The van der Waals surface area contributed by atoms with Crippen LogP contribution in [0, 0.1) is 20.8 Å². The van der Waals surface area contributed by atoms with Crippen LogP contribution in [-0.4, -0.2) is 15.9 Å². The molecule has 0 aliphatic heterocycles. The molecule has 0 aliphatic carbocycles. The van der Waals surface area contributed by atoms with Crippen LogP contribution in [0.2, 0.25) is 5.02 Å². The molecule has 0 atom stereocenters. The molecule has 1 heterocycles. The Morgan fingerprint density at radius 1 is 1.00 bits per heavy atom. The summed E-state index contributed by atoms with van der Waals surface area (Å²) < 4.78 is 0. The van der Waals surface area contributed by atoms with E-state index >= 15 is 0 Å². The molecule has 1 aromatic heterocycles. The molecule has 2 N–H and O–H groups in total. The van der Waals surface area contributed by atoms with Crippen LogP contribution < -0.4 is 10.6 Å². The van der Waals surface area contributed by atoms with Crippen molar-refractivity contribution in [1.82, 2.24) is 9.97 Å². The van der Waals surface area contributed by atoms with Gasteiger partial charge in [-0.1, -0.05) is 35.4 Å². The van der Waals surface area contributed by atoms with Crippen molar-refractivity contribution in [3.8, 4) is 0 Å². The number of nitrogens with zero attached hydrogens (tertiary/aromatic N) is 2. The zero-order valence-corrected chi connectivity index (χ0v) is 15.6. The molecule has 0 fully saturated rings. The van der Waals surface area contributed by atoms with Crippen molar-refractivity contribution < 1.29 is 4.79 Å². The van der Waals surface area contributed by atoms with Gasteiger partial charge in [0.15, 0.2) is 0 Å². The molecule has 0 aliphatic rings. The number of benzene rings is 2. The van der Waals surface area contributed by atoms with Gasteiger partial charge < -0.3 is 10.6 Å². The van der Waals surface area contributed by atoms with Crippen molar-refractivity contribution in [2.45, 2.75) is 20.8 Å². The second kappa shape index (κ2) is 7.54. The monoisotopic (exact) mass is 366 g/mol. The summed E-state index contributed by atoms with van der Waals surface area (Å²) in [6.07, 6.45) is 0. The predicted molar refractivity (Wildman–Crippen MR) is 105 cm³/mol. The highest BCUT2D eigenvalue weighted by atomic mass is 35.5. The van der Waals surface area contributed by atoms with Crippen LogP contribution in [-0.2, 0) is 0 Å². The summed E-state index contributed by atoms with van der Waals surface area (Å²) in [7, 11) is 0. The zero-order chi connectivity index (χ0) is 18.7. The van der Waals surface area contributed by atoms with Crippen LogP contribution in [0.3, 0.4) is 0 Å². The minimum Gasteiger partial charge on any atom is -0.324 e. The van der Waals surface area contributed by atoms with Crippen molar-refractivity contribution in [2.75, 3.05) is 10.6 Å². The van der Waals surface area contributed by atoms with E-state index in [-0.39, 0.29) is 5.91 Å². The SMILES string of the molecule is Cc1ccc(NC(=O)c2cc(C)nc(Nc3cccc(Cl)c3C)n2)cc1. The first-order chi connectivity index (χ1) is 12.4. The van der Waals surface area contributed by atoms with Gasteiger partial charge in [-0.25, -0.2) is 9.97 Å². The molecule has 0 radical (unpaired) electrons. The number of aryl methyl sites for hydroxylation is 2. The molecule has 0 spiro atoms. The normalized spacial score (nSPS) is 10.5. The van der Waals surface area contributed by atoms with Gasteiger partial charge in [0.25, 0.3) is 5.91 Å². The molecule has 3 rings (SSSR count). The summed E-state index contributed by atoms with van der Waals surface area (Å²) >= 11 is 6.15. The van der Waals surface area contributed by atoms with Crippen LogP contribution >= 0.6 is 11.6 Å². The molecule has 1 amide bonds. The van der Waals surface area contributed by atoms with E-state index in [1.54, 1.807) is 6.07 Å². The van der Waals surface area contributed by atoms with E-state index < -0.39 is 0 Å². The highest BCUT2D eigenvalue weighted by molar-refractivity contribution is 6.31. The maximum atomic E-state index is 12.5. The average Bonchev–Trinajstić information content (AvgIpc) is 2.60. The van der Waals surface area contributed by atoms with E-state index in [1.807, 2.05) is 63.2 Å². The van der Waals surface area contributed by atoms with Gasteiger partial charge in [-0.3, -0.25) is 4.79 Å². The molecular weight excluding hydrogens is 348 g/mol. The maximum absolute atomic E-state index is 12.5. The summed E-state index contributed by atoms with van der Waals surface area (Å²) in [5.41, 5.74) is 4.52. The first kappa shape index (κ1) is 17.9. The molecule has 0 saturated carbocycles. The van der Waals surface area contributed by atoms with Gasteiger partial charge in [-0.2, -0.15) is 0 Å². The lowest BCUT2D eigenvalue weighted by atomic mass is 10.2. The molecule has 0 saturated heterocycles. The van der Waals surface area contributed by atoms with Crippen molar-refractivity contribution in [2.24, 2.45) is 0 Å². The van der Waals surface area contributed by atoms with Crippen molar-refractivity contribution in [3.63, 3.8) is 0 Å². The Hall–Kier alpha value is -2.92. The summed E-state index contributed by atoms with van der Waals surface area (Å²) in [5, 5.41) is 6.63. The smallest absolute Gasteiger partial charge is 0.274 e. The van der Waals surface area contributed by atoms with Gasteiger partial charge in [0.05, 0.1) is 0 Å². The number of halogens is 1. The average molecular weight is 367 g/mol. The second-order valence-electron chi connectivity index (χ2n) is 6.08. The topological polar surface area (TPSA) is 66.9 Å². The first-order valence-corrected chi connectivity index (χ1v) is 8.56. The lowest BCUT2D eigenvalue weighted by Crippen LogP contribution is -2.15. The summed E-state index contributed by atoms with van der Waals surface area (Å²) in [5.74, 6) is 0.0645. The number of rotatable bonds is 4. The minimum atomic E-state index is -0.287. The van der Waals surface area contributed by atoms with Gasteiger partial charge in [-0.15, -0.1) is 0 Å². The Kier molecular flexibility index (Phi) is 5.19. The van der Waals surface area contributed by atoms with Crippen molar-refractivity contribution >= 4 is 34.8 Å². The fraction of sp³-hybridized carbons (Fsp3) is 0.150. The Labute approximate surface area is 157 Å². The fourth-order valence-electron chi connectivity index (χ4n) is 2.44. The van der Waals surface area contributed by atoms with Crippen molar-refractivity contribution in [1.29, 1.82) is 0 Å². The molecular formula is C20H19ClN4O. The Morgan fingerprint density at radius 2 is 1.73 bits per heavy atom. The summed E-state index contributed by atoms with van der Waals surface area (Å²) in [4.78, 5) is 21.2. The number of amides is 1. The lowest BCUT2D eigenvalue weighted by molar-refractivity contribution is 0.102. The Balaban J connectivity index is 1.84. The summed E-state index contributed by atoms with van der Waals surface area (Å²) in [6.45, 7) is 5.72. The highest BCUT2D eigenvalue weighted by Crippen LogP contribution is 2.25. The van der Waals surface area contributed by atoms with Gasteiger partial charge in [-0.05, 0) is 56.7 Å². The third-order valence-electron chi connectivity index (χ3n) is 3.91. The predicted octanol–water partition coefficient (Wildman–Crippen LogP) is 5.05. The number of aromatic nitrogens is 2. The number of carbonyl (C=O) groups is 1. The molecule has 5 nitrogen and oxygen atoms in total. The molecule has 0 bridgehead atoms. The summed E-state index contributed by atoms with van der Waals surface area (Å²) in [6, 6.07) is 14.8. The van der Waals surface area contributed by atoms with E-state index in [2.05, 4.69) is 20.6 Å². The number of hydrogen-bond acceptors (Lipinski definition) is 4.